The molecule has 1 heterocycles. The SMILES string of the molecule is CC1(C)C(O)CC1N1CCC(N)C1=O. The molecule has 2 fully saturated rings. The first-order valence-electron chi connectivity index (χ1n) is 5.18. The van der Waals surface area contributed by atoms with Gasteiger partial charge in [0.25, 0.3) is 0 Å². The van der Waals surface area contributed by atoms with Crippen LogP contribution in [0, 0.1) is 5.41 Å². The summed E-state index contributed by atoms with van der Waals surface area (Å²) in [5.41, 5.74) is 5.49. The molecule has 80 valence electrons. The van der Waals surface area contributed by atoms with Crippen LogP contribution in [0.5, 0.6) is 0 Å². The molecule has 0 bridgehead atoms. The molecule has 3 atom stereocenters. The second-order valence-corrected chi connectivity index (χ2v) is 5.02. The van der Waals surface area contributed by atoms with Crippen LogP contribution in [0.25, 0.3) is 0 Å². The molecule has 3 N–H and O–H groups in total. The number of carbonyl (C=O) groups excluding carboxylic acids is 1. The summed E-state index contributed by atoms with van der Waals surface area (Å²) in [6.45, 7) is 4.76. The van der Waals surface area contributed by atoms with Crippen molar-refractivity contribution in [2.24, 2.45) is 11.1 Å². The standard InChI is InChI=1S/C10H18N2O2/c1-10(2)7(5-8(10)13)12-4-3-6(11)9(12)14/h6-8,13H,3-5,11H2,1-2H3. The van der Waals surface area contributed by atoms with Gasteiger partial charge in [-0.05, 0) is 12.8 Å². The third kappa shape index (κ3) is 1.17. The fraction of sp³-hybridized carbons (Fsp3) is 0.900. The Balaban J connectivity index is 2.08. The molecule has 1 aliphatic carbocycles. The van der Waals surface area contributed by atoms with E-state index in [1.807, 2.05) is 18.7 Å². The van der Waals surface area contributed by atoms with Crippen molar-refractivity contribution in [2.75, 3.05) is 6.54 Å². The van der Waals surface area contributed by atoms with Crippen LogP contribution in [0.1, 0.15) is 26.7 Å². The van der Waals surface area contributed by atoms with Gasteiger partial charge in [-0.3, -0.25) is 4.79 Å². The second kappa shape index (κ2) is 2.94. The highest BCUT2D eigenvalue weighted by Crippen LogP contribution is 2.44. The van der Waals surface area contributed by atoms with Gasteiger partial charge in [-0.1, -0.05) is 13.8 Å². The number of hydrogen-bond acceptors (Lipinski definition) is 3. The molecular formula is C10H18N2O2. The zero-order valence-electron chi connectivity index (χ0n) is 8.73. The molecule has 14 heavy (non-hydrogen) atoms. The molecule has 0 aromatic heterocycles. The number of amides is 1. The van der Waals surface area contributed by atoms with E-state index in [1.54, 1.807) is 0 Å². The number of nitrogens with two attached hydrogens (primary N) is 1. The van der Waals surface area contributed by atoms with Gasteiger partial charge in [-0.15, -0.1) is 0 Å². The van der Waals surface area contributed by atoms with E-state index in [4.69, 9.17) is 5.73 Å². The Morgan fingerprint density at radius 2 is 2.21 bits per heavy atom. The van der Waals surface area contributed by atoms with Gasteiger partial charge < -0.3 is 15.7 Å². The minimum absolute atomic E-state index is 0.0509. The van der Waals surface area contributed by atoms with Crippen LogP contribution >= 0.6 is 0 Å². The predicted molar refractivity (Wildman–Crippen MR) is 52.5 cm³/mol. The summed E-state index contributed by atoms with van der Waals surface area (Å²) < 4.78 is 0. The van der Waals surface area contributed by atoms with Crippen molar-refractivity contribution in [3.05, 3.63) is 0 Å². The monoisotopic (exact) mass is 198 g/mol. The number of rotatable bonds is 1. The number of aliphatic hydroxyl groups excluding tert-OH is 1. The van der Waals surface area contributed by atoms with E-state index in [1.165, 1.54) is 0 Å². The van der Waals surface area contributed by atoms with Crippen molar-refractivity contribution in [1.82, 2.24) is 4.90 Å². The van der Waals surface area contributed by atoms with Crippen molar-refractivity contribution < 1.29 is 9.90 Å². The normalized spacial score (nSPS) is 41.3. The maximum Gasteiger partial charge on any atom is 0.239 e. The van der Waals surface area contributed by atoms with Crippen molar-refractivity contribution in [1.29, 1.82) is 0 Å². The molecule has 0 aromatic rings. The minimum Gasteiger partial charge on any atom is -0.392 e. The highest BCUT2D eigenvalue weighted by Gasteiger charge is 2.52. The van der Waals surface area contributed by atoms with Crippen LogP contribution in [-0.4, -0.2) is 40.6 Å². The van der Waals surface area contributed by atoms with Crippen molar-refractivity contribution in [3.63, 3.8) is 0 Å². The molecule has 2 rings (SSSR count). The van der Waals surface area contributed by atoms with Gasteiger partial charge in [0.05, 0.1) is 12.1 Å². The first-order chi connectivity index (χ1) is 6.44. The summed E-state index contributed by atoms with van der Waals surface area (Å²) in [7, 11) is 0. The van der Waals surface area contributed by atoms with Gasteiger partial charge in [0.15, 0.2) is 0 Å². The Hall–Kier alpha value is -0.610. The average Bonchev–Trinajstić information content (AvgIpc) is 2.44. The van der Waals surface area contributed by atoms with Crippen LogP contribution in [0.3, 0.4) is 0 Å². The van der Waals surface area contributed by atoms with Crippen molar-refractivity contribution >= 4 is 5.91 Å². The Morgan fingerprint density at radius 3 is 2.57 bits per heavy atom. The van der Waals surface area contributed by atoms with Crippen LogP contribution in [0.15, 0.2) is 0 Å². The fourth-order valence-corrected chi connectivity index (χ4v) is 2.44. The lowest BCUT2D eigenvalue weighted by atomic mass is 9.64. The van der Waals surface area contributed by atoms with Gasteiger partial charge in [0.2, 0.25) is 5.91 Å². The molecular weight excluding hydrogens is 180 g/mol. The molecule has 4 nitrogen and oxygen atoms in total. The predicted octanol–water partition coefficient (Wildman–Crippen LogP) is -0.295. The van der Waals surface area contributed by atoms with E-state index < -0.39 is 0 Å². The smallest absolute Gasteiger partial charge is 0.239 e. The second-order valence-electron chi connectivity index (χ2n) is 5.02. The number of aliphatic hydroxyl groups is 1. The Kier molecular flexibility index (Phi) is 2.08. The molecule has 1 amide bonds. The summed E-state index contributed by atoms with van der Waals surface area (Å²) in [6, 6.07) is -0.137. The summed E-state index contributed by atoms with van der Waals surface area (Å²) in [6.07, 6.45) is 1.17. The lowest BCUT2D eigenvalue weighted by Gasteiger charge is -2.53. The van der Waals surface area contributed by atoms with Crippen molar-refractivity contribution in [3.8, 4) is 0 Å². The quantitative estimate of drug-likeness (QED) is 0.608. The molecule has 3 unspecified atom stereocenters. The third-order valence-electron chi connectivity index (χ3n) is 3.82. The van der Waals surface area contributed by atoms with Crippen LogP contribution in [0.4, 0.5) is 0 Å². The van der Waals surface area contributed by atoms with E-state index in [0.29, 0.717) is 6.42 Å². The van der Waals surface area contributed by atoms with Crippen LogP contribution in [-0.2, 0) is 4.79 Å². The lowest BCUT2D eigenvalue weighted by Crippen LogP contribution is -2.62. The van der Waals surface area contributed by atoms with Crippen LogP contribution < -0.4 is 5.73 Å². The molecule has 1 aliphatic heterocycles. The minimum atomic E-state index is -0.316. The van der Waals surface area contributed by atoms with Crippen LogP contribution in [0.2, 0.25) is 0 Å². The number of hydrogen-bond donors (Lipinski definition) is 2. The number of likely N-dealkylation sites (tertiary alicyclic amines) is 1. The Labute approximate surface area is 84.1 Å². The van der Waals surface area contributed by atoms with Gasteiger partial charge in [0, 0.05) is 18.0 Å². The number of nitrogens with zero attached hydrogens (tertiary/aromatic N) is 1. The molecule has 2 aliphatic rings. The van der Waals surface area contributed by atoms with E-state index >= 15 is 0 Å². The van der Waals surface area contributed by atoms with E-state index in [-0.39, 0.29) is 29.5 Å². The molecule has 1 saturated carbocycles. The Bertz CT molecular complexity index is 265. The molecule has 0 aromatic carbocycles. The molecule has 1 saturated heterocycles. The highest BCUT2D eigenvalue weighted by molar-refractivity contribution is 5.84. The fourth-order valence-electron chi connectivity index (χ4n) is 2.44. The van der Waals surface area contributed by atoms with E-state index in [0.717, 1.165) is 13.0 Å². The maximum absolute atomic E-state index is 11.7. The van der Waals surface area contributed by atoms with Gasteiger partial charge in [-0.2, -0.15) is 0 Å². The molecule has 0 radical (unpaired) electrons. The zero-order valence-corrected chi connectivity index (χ0v) is 8.73. The van der Waals surface area contributed by atoms with E-state index in [9.17, 15) is 9.90 Å². The highest BCUT2D eigenvalue weighted by atomic mass is 16.3. The molecule has 0 spiro atoms. The first-order valence-corrected chi connectivity index (χ1v) is 5.18. The van der Waals surface area contributed by atoms with Gasteiger partial charge in [-0.25, -0.2) is 0 Å². The van der Waals surface area contributed by atoms with Gasteiger partial charge in [0.1, 0.15) is 0 Å². The zero-order chi connectivity index (χ0) is 10.5. The summed E-state index contributed by atoms with van der Waals surface area (Å²) in [4.78, 5) is 13.5. The summed E-state index contributed by atoms with van der Waals surface area (Å²) in [5, 5.41) is 9.59. The third-order valence-corrected chi connectivity index (χ3v) is 3.82. The first kappa shape index (κ1) is 9.93. The van der Waals surface area contributed by atoms with Crippen molar-refractivity contribution in [2.45, 2.75) is 44.9 Å². The topological polar surface area (TPSA) is 66.6 Å². The number of carbonyl (C=O) groups is 1. The largest absolute Gasteiger partial charge is 0.392 e. The van der Waals surface area contributed by atoms with E-state index in [2.05, 4.69) is 0 Å². The summed E-state index contributed by atoms with van der Waals surface area (Å²) in [5.74, 6) is 0.0509. The summed E-state index contributed by atoms with van der Waals surface area (Å²) >= 11 is 0. The molecule has 4 heteroatoms. The lowest BCUT2D eigenvalue weighted by molar-refractivity contribution is -0.151. The van der Waals surface area contributed by atoms with Gasteiger partial charge >= 0.3 is 0 Å². The average molecular weight is 198 g/mol. The Morgan fingerprint density at radius 1 is 1.57 bits per heavy atom. The maximum atomic E-state index is 11.7.